The van der Waals surface area contributed by atoms with Gasteiger partial charge >= 0.3 is 0 Å². The molecule has 1 aliphatic carbocycles. The Morgan fingerprint density at radius 3 is 1.82 bits per heavy atom. The number of fused-ring (bicyclic) bond motifs is 7. The average molecular weight is 777 g/mol. The first kappa shape index (κ1) is 36.3. The maximum Gasteiger partial charge on any atom is 0.137 e. The van der Waals surface area contributed by atoms with Crippen molar-refractivity contribution in [2.75, 3.05) is 4.90 Å². The summed E-state index contributed by atoms with van der Waals surface area (Å²) < 4.78 is 9.10. The van der Waals surface area contributed by atoms with Crippen molar-refractivity contribution in [3.8, 4) is 27.9 Å². The summed E-state index contributed by atoms with van der Waals surface area (Å²) >= 11 is 0. The Morgan fingerprint density at radius 2 is 1.05 bits per heavy atom. The summed E-state index contributed by atoms with van der Waals surface area (Å²) in [5, 5.41) is 4.72. The van der Waals surface area contributed by atoms with Crippen LogP contribution in [0.3, 0.4) is 0 Å². The summed E-state index contributed by atoms with van der Waals surface area (Å²) in [6, 6.07) is 66.3. The van der Waals surface area contributed by atoms with E-state index in [0.29, 0.717) is 0 Å². The molecule has 0 saturated heterocycles. The van der Waals surface area contributed by atoms with E-state index in [2.05, 4.69) is 227 Å². The van der Waals surface area contributed by atoms with E-state index >= 15 is 0 Å². The Balaban J connectivity index is 1.21. The quantitative estimate of drug-likeness (QED) is 0.168. The van der Waals surface area contributed by atoms with Gasteiger partial charge in [0.2, 0.25) is 0 Å². The maximum absolute atomic E-state index is 6.56. The molecule has 3 nitrogen and oxygen atoms in total. The van der Waals surface area contributed by atoms with Gasteiger partial charge in [0.05, 0.1) is 22.4 Å². The Labute approximate surface area is 352 Å². The van der Waals surface area contributed by atoms with Crippen LogP contribution in [0.15, 0.2) is 186 Å². The van der Waals surface area contributed by atoms with Gasteiger partial charge in [0.25, 0.3) is 0 Å². The molecule has 292 valence electrons. The lowest BCUT2D eigenvalue weighted by atomic mass is 9.59. The number of aromatic nitrogens is 1. The molecular weight excluding hydrogens is 729 g/mol. The van der Waals surface area contributed by atoms with E-state index < -0.39 is 0 Å². The van der Waals surface area contributed by atoms with Gasteiger partial charge in [-0.05, 0) is 98.7 Å². The number of nitrogens with zero attached hydrogens (tertiary/aromatic N) is 2. The van der Waals surface area contributed by atoms with E-state index in [-0.39, 0.29) is 16.2 Å². The normalized spacial score (nSPS) is 15.2. The fourth-order valence-electron chi connectivity index (χ4n) is 10.4. The SMILES string of the molecule is CC1(C)c2cccc(-n3c4ccccc4c4ccc(N(c5ccc6c(c5)oc5ccccc56)c5ccc(-c6ccccc6)cc5-c5ccccc5)cc43)c2C(C)(C)C1(C)C. The lowest BCUT2D eigenvalue weighted by molar-refractivity contribution is 0.125. The molecule has 2 heterocycles. The third-order valence-electron chi connectivity index (χ3n) is 14.7. The van der Waals surface area contributed by atoms with Gasteiger partial charge in [-0.15, -0.1) is 0 Å². The van der Waals surface area contributed by atoms with Gasteiger partial charge in [0, 0.05) is 44.5 Å². The molecule has 11 rings (SSSR count). The second kappa shape index (κ2) is 13.1. The zero-order valence-corrected chi connectivity index (χ0v) is 35.1. The van der Waals surface area contributed by atoms with E-state index in [4.69, 9.17) is 4.42 Å². The van der Waals surface area contributed by atoms with Crippen LogP contribution in [0, 0.1) is 5.41 Å². The van der Waals surface area contributed by atoms with Crippen molar-refractivity contribution in [2.45, 2.75) is 52.4 Å². The fourth-order valence-corrected chi connectivity index (χ4v) is 10.4. The predicted molar refractivity (Wildman–Crippen MR) is 253 cm³/mol. The van der Waals surface area contributed by atoms with Gasteiger partial charge in [0.1, 0.15) is 11.2 Å². The highest BCUT2D eigenvalue weighted by molar-refractivity contribution is 6.11. The lowest BCUT2D eigenvalue weighted by Gasteiger charge is -2.44. The minimum absolute atomic E-state index is 0.0163. The first-order valence-corrected chi connectivity index (χ1v) is 21.2. The van der Waals surface area contributed by atoms with Crippen molar-refractivity contribution in [1.29, 1.82) is 0 Å². The van der Waals surface area contributed by atoms with Gasteiger partial charge in [0.15, 0.2) is 0 Å². The van der Waals surface area contributed by atoms with Crippen LogP contribution in [-0.4, -0.2) is 4.57 Å². The Kier molecular flexibility index (Phi) is 7.90. The number of furan rings is 1. The van der Waals surface area contributed by atoms with E-state index in [1.165, 1.54) is 49.7 Å². The number of hydrogen-bond acceptors (Lipinski definition) is 2. The lowest BCUT2D eigenvalue weighted by Crippen LogP contribution is -2.42. The minimum Gasteiger partial charge on any atom is -0.456 e. The van der Waals surface area contributed by atoms with Crippen molar-refractivity contribution in [2.24, 2.45) is 5.41 Å². The summed E-state index contributed by atoms with van der Waals surface area (Å²) in [5.74, 6) is 0. The first-order valence-electron chi connectivity index (χ1n) is 21.2. The zero-order chi connectivity index (χ0) is 41.0. The number of para-hydroxylation sites is 2. The molecule has 2 aromatic heterocycles. The van der Waals surface area contributed by atoms with Crippen LogP contribution in [0.25, 0.3) is 71.7 Å². The Morgan fingerprint density at radius 1 is 0.433 bits per heavy atom. The molecule has 0 atom stereocenters. The number of rotatable bonds is 6. The van der Waals surface area contributed by atoms with Crippen molar-refractivity contribution in [3.05, 3.63) is 193 Å². The number of anilines is 3. The summed E-state index contributed by atoms with van der Waals surface area (Å²) in [6.45, 7) is 14.7. The van der Waals surface area contributed by atoms with Gasteiger partial charge in [-0.3, -0.25) is 0 Å². The fraction of sp³-hybridized carbons (Fsp3) is 0.158. The standard InChI is InChI=1S/C57H48N2O/c1-55(2)47-24-17-26-50(54(47)56(3,4)57(55,5)6)59-48-25-15-13-22-42(48)43-31-29-40(35-51(43)59)58(41-30-32-45-44-23-14-16-27-52(44)60-53(45)36-41)49-33-28-39(37-18-9-7-10-19-37)34-46(49)38-20-11-8-12-21-38/h7-36H,1-6H3. The highest BCUT2D eigenvalue weighted by Gasteiger charge is 2.57. The third-order valence-corrected chi connectivity index (χ3v) is 14.7. The summed E-state index contributed by atoms with van der Waals surface area (Å²) in [6.07, 6.45) is 0. The molecule has 8 aromatic carbocycles. The molecule has 0 unspecified atom stereocenters. The molecule has 0 aliphatic heterocycles. The van der Waals surface area contributed by atoms with Gasteiger partial charge < -0.3 is 13.9 Å². The summed E-state index contributed by atoms with van der Waals surface area (Å²) in [5.41, 5.74) is 16.0. The van der Waals surface area contributed by atoms with E-state index in [0.717, 1.165) is 50.1 Å². The molecule has 0 radical (unpaired) electrons. The molecule has 0 spiro atoms. The molecule has 60 heavy (non-hydrogen) atoms. The van der Waals surface area contributed by atoms with Crippen LogP contribution in [0.1, 0.15) is 52.7 Å². The second-order valence-electron chi connectivity index (χ2n) is 18.2. The molecule has 0 amide bonds. The molecule has 0 bridgehead atoms. The average Bonchev–Trinajstić information content (AvgIpc) is 3.84. The number of benzene rings is 8. The van der Waals surface area contributed by atoms with Gasteiger partial charge in [-0.1, -0.05) is 163 Å². The largest absolute Gasteiger partial charge is 0.456 e. The van der Waals surface area contributed by atoms with Crippen LogP contribution in [0.5, 0.6) is 0 Å². The Bertz CT molecular complexity index is 3290. The molecule has 10 aromatic rings. The summed E-state index contributed by atoms with van der Waals surface area (Å²) in [7, 11) is 0. The van der Waals surface area contributed by atoms with Crippen LogP contribution >= 0.6 is 0 Å². The van der Waals surface area contributed by atoms with E-state index in [1.54, 1.807) is 0 Å². The Hall–Kier alpha value is -6.84. The monoisotopic (exact) mass is 776 g/mol. The summed E-state index contributed by atoms with van der Waals surface area (Å²) in [4.78, 5) is 2.43. The van der Waals surface area contributed by atoms with E-state index in [1.807, 2.05) is 6.07 Å². The maximum atomic E-state index is 6.56. The van der Waals surface area contributed by atoms with Crippen LogP contribution < -0.4 is 4.90 Å². The molecule has 0 fully saturated rings. The van der Waals surface area contributed by atoms with Crippen molar-refractivity contribution >= 4 is 60.8 Å². The zero-order valence-electron chi connectivity index (χ0n) is 35.1. The molecule has 0 saturated carbocycles. The van der Waals surface area contributed by atoms with Crippen molar-refractivity contribution in [3.63, 3.8) is 0 Å². The second-order valence-corrected chi connectivity index (χ2v) is 18.2. The van der Waals surface area contributed by atoms with Crippen LogP contribution in [0.2, 0.25) is 0 Å². The third kappa shape index (κ3) is 5.15. The molecule has 0 N–H and O–H groups in total. The van der Waals surface area contributed by atoms with Crippen molar-refractivity contribution < 1.29 is 4.42 Å². The molecule has 1 aliphatic rings. The smallest absolute Gasteiger partial charge is 0.137 e. The van der Waals surface area contributed by atoms with Gasteiger partial charge in [-0.2, -0.15) is 0 Å². The van der Waals surface area contributed by atoms with Crippen LogP contribution in [-0.2, 0) is 10.8 Å². The van der Waals surface area contributed by atoms with Crippen molar-refractivity contribution in [1.82, 2.24) is 4.57 Å². The minimum atomic E-state index is -0.0865. The molecular formula is C57H48N2O. The highest BCUT2D eigenvalue weighted by Crippen LogP contribution is 2.63. The molecule has 3 heteroatoms. The van der Waals surface area contributed by atoms with Crippen LogP contribution in [0.4, 0.5) is 17.1 Å². The first-order chi connectivity index (χ1) is 29.0. The predicted octanol–water partition coefficient (Wildman–Crippen LogP) is 16.1. The highest BCUT2D eigenvalue weighted by atomic mass is 16.3. The van der Waals surface area contributed by atoms with Gasteiger partial charge in [-0.25, -0.2) is 0 Å². The number of hydrogen-bond donors (Lipinski definition) is 0. The van der Waals surface area contributed by atoms with E-state index in [9.17, 15) is 0 Å². The topological polar surface area (TPSA) is 21.3 Å².